The van der Waals surface area contributed by atoms with Gasteiger partial charge in [-0.05, 0) is 24.5 Å². The van der Waals surface area contributed by atoms with Crippen molar-refractivity contribution in [2.75, 3.05) is 0 Å². The van der Waals surface area contributed by atoms with Crippen LogP contribution in [0.3, 0.4) is 0 Å². The quantitative estimate of drug-likeness (QED) is 0.679. The van der Waals surface area contributed by atoms with E-state index in [0.29, 0.717) is 0 Å². The summed E-state index contributed by atoms with van der Waals surface area (Å²) in [5, 5.41) is 19.8. The lowest BCUT2D eigenvalue weighted by Gasteiger charge is -2.17. The zero-order valence-electron chi connectivity index (χ0n) is 7.66. The second-order valence-electron chi connectivity index (χ2n) is 3.60. The SMILES string of the molecule is CCCCC1=CC=CC2(O)SC12O. The van der Waals surface area contributed by atoms with Gasteiger partial charge in [0.25, 0.3) is 0 Å². The maximum atomic E-state index is 9.99. The molecule has 0 saturated carbocycles. The van der Waals surface area contributed by atoms with Gasteiger partial charge in [-0.25, -0.2) is 0 Å². The molecule has 1 aliphatic carbocycles. The molecule has 2 unspecified atom stereocenters. The fourth-order valence-electron chi connectivity index (χ4n) is 1.67. The van der Waals surface area contributed by atoms with Crippen LogP contribution in [0.1, 0.15) is 26.2 Å². The summed E-state index contributed by atoms with van der Waals surface area (Å²) in [4.78, 5) is -2.03. The van der Waals surface area contributed by atoms with E-state index in [2.05, 4.69) is 6.92 Å². The Morgan fingerprint density at radius 1 is 1.46 bits per heavy atom. The Labute approximate surface area is 82.3 Å². The zero-order valence-corrected chi connectivity index (χ0v) is 8.47. The van der Waals surface area contributed by atoms with E-state index in [4.69, 9.17) is 0 Å². The summed E-state index contributed by atoms with van der Waals surface area (Å²) in [6.07, 6.45) is 8.47. The topological polar surface area (TPSA) is 40.5 Å². The number of aliphatic hydroxyl groups is 2. The van der Waals surface area contributed by atoms with Crippen LogP contribution in [0.4, 0.5) is 0 Å². The molecule has 72 valence electrons. The van der Waals surface area contributed by atoms with Crippen LogP contribution in [-0.2, 0) is 0 Å². The highest BCUT2D eigenvalue weighted by atomic mass is 32.2. The molecule has 1 aliphatic heterocycles. The molecule has 1 fully saturated rings. The van der Waals surface area contributed by atoms with Gasteiger partial charge < -0.3 is 10.2 Å². The van der Waals surface area contributed by atoms with Gasteiger partial charge in [0.15, 0.2) is 9.87 Å². The predicted octanol–water partition coefficient (Wildman–Crippen LogP) is 1.80. The van der Waals surface area contributed by atoms with E-state index in [0.717, 1.165) is 24.8 Å². The van der Waals surface area contributed by atoms with Gasteiger partial charge in [0, 0.05) is 0 Å². The number of allylic oxidation sites excluding steroid dienone is 2. The number of unbranched alkanes of at least 4 members (excludes halogenated alkanes) is 1. The number of fused-ring (bicyclic) bond motifs is 1. The van der Waals surface area contributed by atoms with Gasteiger partial charge >= 0.3 is 0 Å². The van der Waals surface area contributed by atoms with E-state index in [-0.39, 0.29) is 0 Å². The minimum Gasteiger partial charge on any atom is -0.372 e. The van der Waals surface area contributed by atoms with Crippen molar-refractivity contribution >= 4 is 11.8 Å². The third kappa shape index (κ3) is 1.26. The third-order valence-electron chi connectivity index (χ3n) is 2.60. The Morgan fingerprint density at radius 2 is 2.23 bits per heavy atom. The third-order valence-corrected chi connectivity index (χ3v) is 4.01. The molecule has 0 bridgehead atoms. The first kappa shape index (κ1) is 9.31. The van der Waals surface area contributed by atoms with Crippen LogP contribution in [0.5, 0.6) is 0 Å². The van der Waals surface area contributed by atoms with E-state index in [9.17, 15) is 10.2 Å². The molecular formula is C10H14O2S. The molecule has 3 heteroatoms. The predicted molar refractivity (Wildman–Crippen MR) is 54.2 cm³/mol. The van der Waals surface area contributed by atoms with Crippen molar-refractivity contribution in [3.8, 4) is 0 Å². The summed E-state index contributed by atoms with van der Waals surface area (Å²) in [7, 11) is 0. The molecule has 0 aromatic heterocycles. The summed E-state index contributed by atoms with van der Waals surface area (Å²) in [6.45, 7) is 2.12. The smallest absolute Gasteiger partial charge is 0.177 e. The van der Waals surface area contributed by atoms with Crippen molar-refractivity contribution in [2.45, 2.75) is 36.1 Å². The second-order valence-corrected chi connectivity index (χ2v) is 5.01. The highest BCUT2D eigenvalue weighted by Gasteiger charge is 2.69. The molecule has 2 rings (SSSR count). The van der Waals surface area contributed by atoms with Crippen LogP contribution in [0, 0.1) is 0 Å². The summed E-state index contributed by atoms with van der Waals surface area (Å²) in [5.74, 6) is 0. The van der Waals surface area contributed by atoms with Gasteiger partial charge in [-0.3, -0.25) is 0 Å². The maximum absolute atomic E-state index is 9.99. The Kier molecular flexibility index (Phi) is 2.06. The summed E-state index contributed by atoms with van der Waals surface area (Å²) in [5.41, 5.74) is 0.962. The van der Waals surface area contributed by atoms with Gasteiger partial charge in [-0.1, -0.05) is 37.3 Å². The lowest BCUT2D eigenvalue weighted by molar-refractivity contribution is 0.0690. The molecule has 0 spiro atoms. The summed E-state index contributed by atoms with van der Waals surface area (Å²) >= 11 is 1.22. The van der Waals surface area contributed by atoms with Crippen molar-refractivity contribution in [1.82, 2.24) is 0 Å². The van der Waals surface area contributed by atoms with Crippen LogP contribution in [0.15, 0.2) is 23.8 Å². The monoisotopic (exact) mass is 198 g/mol. The first-order valence-electron chi connectivity index (χ1n) is 4.66. The zero-order chi connectivity index (χ0) is 9.53. The maximum Gasteiger partial charge on any atom is 0.177 e. The molecule has 1 saturated heterocycles. The number of hydrogen-bond donors (Lipinski definition) is 2. The second kappa shape index (κ2) is 2.87. The Bertz CT molecular complexity index is 285. The molecule has 0 radical (unpaired) electrons. The van der Waals surface area contributed by atoms with Crippen molar-refractivity contribution in [3.05, 3.63) is 23.8 Å². The summed E-state index contributed by atoms with van der Waals surface area (Å²) < 4.78 is 0. The normalized spacial score (nSPS) is 41.3. The molecule has 2 atom stereocenters. The molecule has 13 heavy (non-hydrogen) atoms. The van der Waals surface area contributed by atoms with E-state index in [1.54, 1.807) is 6.08 Å². The van der Waals surface area contributed by atoms with Crippen LogP contribution >= 0.6 is 11.8 Å². The van der Waals surface area contributed by atoms with Gasteiger partial charge in [-0.15, -0.1) is 0 Å². The van der Waals surface area contributed by atoms with Crippen LogP contribution in [-0.4, -0.2) is 20.1 Å². The molecule has 0 aromatic carbocycles. The number of thioether (sulfide) groups is 1. The van der Waals surface area contributed by atoms with Crippen LogP contribution in [0.2, 0.25) is 0 Å². The highest BCUT2D eigenvalue weighted by molar-refractivity contribution is 8.09. The molecule has 1 heterocycles. The molecule has 0 amide bonds. The first-order chi connectivity index (χ1) is 6.12. The van der Waals surface area contributed by atoms with Crippen LogP contribution in [0.25, 0.3) is 0 Å². The van der Waals surface area contributed by atoms with E-state index >= 15 is 0 Å². The molecule has 2 aliphatic rings. The van der Waals surface area contributed by atoms with Gasteiger partial charge in [0.2, 0.25) is 0 Å². The van der Waals surface area contributed by atoms with Crippen molar-refractivity contribution in [3.63, 3.8) is 0 Å². The van der Waals surface area contributed by atoms with Crippen molar-refractivity contribution in [2.24, 2.45) is 0 Å². The first-order valence-corrected chi connectivity index (χ1v) is 5.48. The fraction of sp³-hybridized carbons (Fsp3) is 0.600. The number of hydrogen-bond acceptors (Lipinski definition) is 3. The standard InChI is InChI=1S/C10H14O2S/c1-2-3-5-8-6-4-7-9(11)10(8,12)13-9/h4,6-7,11-12H,2-3,5H2,1H3. The highest BCUT2D eigenvalue weighted by Crippen LogP contribution is 2.66. The summed E-state index contributed by atoms with van der Waals surface area (Å²) in [6, 6.07) is 0. The fourth-order valence-corrected chi connectivity index (χ4v) is 2.72. The van der Waals surface area contributed by atoms with Crippen LogP contribution < -0.4 is 0 Å². The van der Waals surface area contributed by atoms with E-state index in [1.165, 1.54) is 11.8 Å². The van der Waals surface area contributed by atoms with E-state index in [1.807, 2.05) is 12.2 Å². The van der Waals surface area contributed by atoms with Gasteiger partial charge in [0.05, 0.1) is 0 Å². The van der Waals surface area contributed by atoms with E-state index < -0.39 is 9.87 Å². The molecule has 2 N–H and O–H groups in total. The van der Waals surface area contributed by atoms with Gasteiger partial charge in [-0.2, -0.15) is 0 Å². The van der Waals surface area contributed by atoms with Crippen molar-refractivity contribution < 1.29 is 10.2 Å². The average molecular weight is 198 g/mol. The Balaban J connectivity index is 2.11. The molecular weight excluding hydrogens is 184 g/mol. The lowest BCUT2D eigenvalue weighted by Crippen LogP contribution is -2.27. The minimum absolute atomic E-state index is 0.882. The Morgan fingerprint density at radius 3 is 2.92 bits per heavy atom. The average Bonchev–Trinajstić information content (AvgIpc) is 2.65. The molecule has 2 nitrogen and oxygen atoms in total. The molecule has 0 aromatic rings. The lowest BCUT2D eigenvalue weighted by atomic mass is 9.95. The largest absolute Gasteiger partial charge is 0.372 e. The minimum atomic E-state index is -1.02. The number of rotatable bonds is 3. The van der Waals surface area contributed by atoms with Gasteiger partial charge in [0.1, 0.15) is 0 Å². The Hall–Kier alpha value is -0.250. The van der Waals surface area contributed by atoms with Crippen molar-refractivity contribution in [1.29, 1.82) is 0 Å².